The Bertz CT molecular complexity index is 437. The summed E-state index contributed by atoms with van der Waals surface area (Å²) in [6.45, 7) is 2.06. The van der Waals surface area contributed by atoms with E-state index in [1.807, 2.05) is 0 Å². The molecule has 0 atom stereocenters. The van der Waals surface area contributed by atoms with E-state index in [2.05, 4.69) is 29.5 Å². The highest BCUT2D eigenvalue weighted by Gasteiger charge is 2.06. The molecule has 0 unspecified atom stereocenters. The monoisotopic (exact) mass is 347 g/mol. The van der Waals surface area contributed by atoms with Crippen molar-refractivity contribution in [1.29, 1.82) is 0 Å². The van der Waals surface area contributed by atoms with Crippen molar-refractivity contribution in [2.45, 2.75) is 32.6 Å². The number of rotatable bonds is 6. The molecule has 94 valence electrons. The lowest BCUT2D eigenvalue weighted by Crippen LogP contribution is -2.19. The molecule has 0 aromatic carbocycles. The van der Waals surface area contributed by atoms with Gasteiger partial charge in [0.05, 0.1) is 12.3 Å². The van der Waals surface area contributed by atoms with Crippen LogP contribution in [0.4, 0.5) is 0 Å². The highest BCUT2D eigenvalue weighted by atomic mass is 127. The van der Waals surface area contributed by atoms with Crippen LogP contribution in [-0.2, 0) is 0 Å². The predicted octanol–water partition coefficient (Wildman–Crippen LogP) is 3.02. The van der Waals surface area contributed by atoms with Crippen molar-refractivity contribution in [2.75, 3.05) is 6.61 Å². The van der Waals surface area contributed by atoms with Crippen molar-refractivity contribution in [3.8, 4) is 0 Å². The average Bonchev–Trinajstić information content (AvgIpc) is 2.33. The van der Waals surface area contributed by atoms with Gasteiger partial charge in [0.15, 0.2) is 0 Å². The van der Waals surface area contributed by atoms with Crippen LogP contribution in [0.2, 0.25) is 0 Å². The standard InChI is InChI=1S/C13H18INO2/c1-2-3-4-7-11(14)12(10-16)15-9-6-5-8-13(15)17/h5-6,8-9,16H,2-4,7,10H2,1H3/b12-11+. The van der Waals surface area contributed by atoms with Gasteiger partial charge in [-0.15, -0.1) is 0 Å². The molecule has 3 nitrogen and oxygen atoms in total. The first-order chi connectivity index (χ1) is 8.20. The number of allylic oxidation sites excluding steroid dienone is 1. The van der Waals surface area contributed by atoms with Crippen LogP contribution in [0, 0.1) is 0 Å². The van der Waals surface area contributed by atoms with E-state index in [9.17, 15) is 9.90 Å². The molecule has 0 aliphatic heterocycles. The molecule has 0 spiro atoms. The maximum Gasteiger partial charge on any atom is 0.254 e. The Morgan fingerprint density at radius 2 is 2.18 bits per heavy atom. The number of aliphatic hydroxyl groups is 1. The third-order valence-electron chi connectivity index (χ3n) is 2.58. The van der Waals surface area contributed by atoms with E-state index in [-0.39, 0.29) is 12.2 Å². The van der Waals surface area contributed by atoms with E-state index >= 15 is 0 Å². The minimum absolute atomic E-state index is 0.0961. The van der Waals surface area contributed by atoms with Crippen molar-refractivity contribution >= 4 is 28.3 Å². The van der Waals surface area contributed by atoms with Gasteiger partial charge in [-0.05, 0) is 41.5 Å². The summed E-state index contributed by atoms with van der Waals surface area (Å²) in [7, 11) is 0. The number of hydrogen-bond donors (Lipinski definition) is 1. The third-order valence-corrected chi connectivity index (χ3v) is 3.74. The minimum Gasteiger partial charge on any atom is -0.390 e. The van der Waals surface area contributed by atoms with Crippen molar-refractivity contribution in [2.24, 2.45) is 0 Å². The van der Waals surface area contributed by atoms with Crippen LogP contribution < -0.4 is 5.56 Å². The van der Waals surface area contributed by atoms with Gasteiger partial charge < -0.3 is 5.11 Å². The molecule has 0 aliphatic carbocycles. The van der Waals surface area contributed by atoms with Gasteiger partial charge in [0.25, 0.3) is 5.56 Å². The van der Waals surface area contributed by atoms with Crippen LogP contribution in [0.3, 0.4) is 0 Å². The molecule has 0 fully saturated rings. The molecule has 1 N–H and O–H groups in total. The van der Waals surface area contributed by atoms with Crippen LogP contribution in [0.25, 0.3) is 5.70 Å². The van der Waals surface area contributed by atoms with E-state index in [0.29, 0.717) is 5.70 Å². The number of aromatic nitrogens is 1. The summed E-state index contributed by atoms with van der Waals surface area (Å²) < 4.78 is 2.58. The van der Waals surface area contributed by atoms with Crippen LogP contribution >= 0.6 is 22.6 Å². The maximum absolute atomic E-state index is 11.7. The van der Waals surface area contributed by atoms with Crippen molar-refractivity contribution in [3.63, 3.8) is 0 Å². The molecular weight excluding hydrogens is 329 g/mol. The van der Waals surface area contributed by atoms with Gasteiger partial charge in [0, 0.05) is 15.8 Å². The largest absolute Gasteiger partial charge is 0.390 e. The Hall–Kier alpha value is -0.620. The number of pyridine rings is 1. The van der Waals surface area contributed by atoms with Gasteiger partial charge in [0.2, 0.25) is 0 Å². The molecule has 1 heterocycles. The third kappa shape index (κ3) is 4.27. The summed E-state index contributed by atoms with van der Waals surface area (Å²) in [4.78, 5) is 11.7. The van der Waals surface area contributed by atoms with Crippen molar-refractivity contribution < 1.29 is 5.11 Å². The van der Waals surface area contributed by atoms with Gasteiger partial charge in [-0.1, -0.05) is 25.8 Å². The van der Waals surface area contributed by atoms with Gasteiger partial charge >= 0.3 is 0 Å². The smallest absolute Gasteiger partial charge is 0.254 e. The molecule has 0 amide bonds. The highest BCUT2D eigenvalue weighted by molar-refractivity contribution is 14.1. The number of nitrogens with zero attached hydrogens (tertiary/aromatic N) is 1. The fraction of sp³-hybridized carbons (Fsp3) is 0.462. The van der Waals surface area contributed by atoms with E-state index in [4.69, 9.17) is 0 Å². The molecule has 0 aliphatic rings. The second-order valence-corrected chi connectivity index (χ2v) is 5.18. The zero-order chi connectivity index (χ0) is 12.7. The first kappa shape index (κ1) is 14.4. The Kier molecular flexibility index (Phi) is 6.50. The van der Waals surface area contributed by atoms with Crippen LogP contribution in [0.1, 0.15) is 32.6 Å². The number of aliphatic hydroxyl groups excluding tert-OH is 1. The van der Waals surface area contributed by atoms with E-state index in [1.165, 1.54) is 23.5 Å². The zero-order valence-electron chi connectivity index (χ0n) is 10.0. The predicted molar refractivity (Wildman–Crippen MR) is 79.2 cm³/mol. The van der Waals surface area contributed by atoms with Crippen molar-refractivity contribution in [1.82, 2.24) is 4.57 Å². The summed E-state index contributed by atoms with van der Waals surface area (Å²) in [6, 6.07) is 5.01. The quantitative estimate of drug-likeness (QED) is 0.635. The molecule has 1 aromatic heterocycles. The fourth-order valence-corrected chi connectivity index (χ4v) is 2.43. The number of halogens is 1. The van der Waals surface area contributed by atoms with Gasteiger partial charge in [-0.25, -0.2) is 0 Å². The topological polar surface area (TPSA) is 42.2 Å². The second kappa shape index (κ2) is 7.66. The Labute approximate surface area is 115 Å². The van der Waals surface area contributed by atoms with Crippen LogP contribution in [-0.4, -0.2) is 16.3 Å². The van der Waals surface area contributed by atoms with Crippen LogP contribution in [0.5, 0.6) is 0 Å². The molecule has 4 heteroatoms. The lowest BCUT2D eigenvalue weighted by atomic mass is 10.2. The normalized spacial score (nSPS) is 12.4. The molecule has 0 saturated carbocycles. The first-order valence-corrected chi connectivity index (χ1v) is 6.95. The van der Waals surface area contributed by atoms with Gasteiger partial charge in [-0.3, -0.25) is 9.36 Å². The molecule has 0 saturated heterocycles. The van der Waals surface area contributed by atoms with Gasteiger partial charge in [-0.2, -0.15) is 0 Å². The highest BCUT2D eigenvalue weighted by Crippen LogP contribution is 2.22. The van der Waals surface area contributed by atoms with Gasteiger partial charge in [0.1, 0.15) is 0 Å². The lowest BCUT2D eigenvalue weighted by Gasteiger charge is -2.11. The summed E-state index contributed by atoms with van der Waals surface area (Å²) in [5.41, 5.74) is 0.605. The van der Waals surface area contributed by atoms with Crippen LogP contribution in [0.15, 0.2) is 32.8 Å². The zero-order valence-corrected chi connectivity index (χ0v) is 12.2. The fourth-order valence-electron chi connectivity index (χ4n) is 1.62. The lowest BCUT2D eigenvalue weighted by molar-refractivity contribution is 0.343. The molecule has 1 rings (SSSR count). The Morgan fingerprint density at radius 3 is 2.76 bits per heavy atom. The summed E-state index contributed by atoms with van der Waals surface area (Å²) in [5, 5.41) is 9.41. The molecule has 17 heavy (non-hydrogen) atoms. The number of hydrogen-bond acceptors (Lipinski definition) is 2. The average molecular weight is 347 g/mol. The molecule has 0 bridgehead atoms. The van der Waals surface area contributed by atoms with E-state index < -0.39 is 0 Å². The Balaban J connectivity index is 2.94. The first-order valence-electron chi connectivity index (χ1n) is 5.87. The number of unbranched alkanes of at least 4 members (excludes halogenated alkanes) is 2. The summed E-state index contributed by atoms with van der Waals surface area (Å²) >= 11 is 2.22. The second-order valence-electron chi connectivity index (χ2n) is 3.88. The molecule has 1 aromatic rings. The Morgan fingerprint density at radius 1 is 1.41 bits per heavy atom. The summed E-state index contributed by atoms with van der Waals surface area (Å²) in [6.07, 6.45) is 6.07. The maximum atomic E-state index is 11.7. The molecular formula is C13H18INO2. The minimum atomic E-state index is -0.103. The SMILES string of the molecule is CCCCC/C(I)=C(/CO)n1ccccc1=O. The summed E-state index contributed by atoms with van der Waals surface area (Å²) in [5.74, 6) is 0. The van der Waals surface area contributed by atoms with E-state index in [1.54, 1.807) is 18.3 Å². The molecule has 0 radical (unpaired) electrons. The van der Waals surface area contributed by atoms with E-state index in [0.717, 1.165) is 16.4 Å². The van der Waals surface area contributed by atoms with Crippen molar-refractivity contribution in [3.05, 3.63) is 38.3 Å².